The third-order valence-electron chi connectivity index (χ3n) is 4.85. The number of hydrogen-bond acceptors (Lipinski definition) is 4. The van der Waals surface area contributed by atoms with Gasteiger partial charge in [0.15, 0.2) is 0 Å². The van der Waals surface area contributed by atoms with Gasteiger partial charge in [-0.3, -0.25) is 14.7 Å². The number of piperazine rings is 1. The summed E-state index contributed by atoms with van der Waals surface area (Å²) in [6.07, 6.45) is 8.15. The molecule has 3 rings (SSSR count). The number of amidine groups is 1. The van der Waals surface area contributed by atoms with Crippen molar-refractivity contribution in [2.24, 2.45) is 4.99 Å². The number of nitrogens with one attached hydrogen (secondary N) is 1. The smallest absolute Gasteiger partial charge is 0.251 e. The van der Waals surface area contributed by atoms with Crippen LogP contribution in [0.15, 0.2) is 53.0 Å². The number of aromatic amines is 1. The highest BCUT2D eigenvalue weighted by molar-refractivity contribution is 5.93. The van der Waals surface area contributed by atoms with Gasteiger partial charge in [-0.1, -0.05) is 19.6 Å². The summed E-state index contributed by atoms with van der Waals surface area (Å²) in [6.45, 7) is 12.4. The minimum absolute atomic E-state index is 0.0186. The van der Waals surface area contributed by atoms with E-state index in [-0.39, 0.29) is 5.56 Å². The Bertz CT molecular complexity index is 920. The Morgan fingerprint density at radius 1 is 1.33 bits per heavy atom. The summed E-state index contributed by atoms with van der Waals surface area (Å²) < 4.78 is 0. The maximum absolute atomic E-state index is 12.0. The Balaban J connectivity index is 1.66. The number of rotatable bonds is 5. The Morgan fingerprint density at radius 3 is 2.78 bits per heavy atom. The van der Waals surface area contributed by atoms with Crippen molar-refractivity contribution in [1.29, 1.82) is 0 Å². The van der Waals surface area contributed by atoms with Gasteiger partial charge in [-0.15, -0.1) is 0 Å². The summed E-state index contributed by atoms with van der Waals surface area (Å²) >= 11 is 0. The molecule has 1 aliphatic rings. The number of aliphatic imine (C=N–C) groups is 1. The van der Waals surface area contributed by atoms with E-state index in [4.69, 9.17) is 0 Å². The molecule has 0 radical (unpaired) electrons. The maximum atomic E-state index is 12.0. The summed E-state index contributed by atoms with van der Waals surface area (Å²) in [5.74, 6) is 0.921. The Morgan fingerprint density at radius 2 is 2.11 bits per heavy atom. The van der Waals surface area contributed by atoms with Crippen LogP contribution in [-0.4, -0.2) is 51.8 Å². The maximum Gasteiger partial charge on any atom is 0.251 e. The van der Waals surface area contributed by atoms with Crippen LogP contribution in [0.3, 0.4) is 0 Å². The monoisotopic (exact) mass is 365 g/mol. The molecule has 27 heavy (non-hydrogen) atoms. The van der Waals surface area contributed by atoms with E-state index in [0.717, 1.165) is 60.7 Å². The van der Waals surface area contributed by atoms with Crippen LogP contribution in [0.2, 0.25) is 0 Å². The highest BCUT2D eigenvalue weighted by Gasteiger charge is 2.18. The minimum Gasteiger partial charge on any atom is -0.354 e. The standard InChI is InChI=1S/C21H27N5O/c1-4-7-22-20(6-3)26-10-8-25(9-11-26)15-16-12-19-18(23-14-16)13-17(5-2)21(27)24-19/h4,6-7,12-14H,3,5,8-11,15H2,1-2H3,(H,24,27)/b7-4-,22-20?. The van der Waals surface area contributed by atoms with Crippen molar-refractivity contribution in [3.8, 4) is 0 Å². The van der Waals surface area contributed by atoms with E-state index in [0.29, 0.717) is 6.42 Å². The van der Waals surface area contributed by atoms with Crippen LogP contribution in [0.1, 0.15) is 25.0 Å². The van der Waals surface area contributed by atoms with E-state index in [2.05, 4.69) is 31.3 Å². The van der Waals surface area contributed by atoms with Gasteiger partial charge in [0.25, 0.3) is 5.56 Å². The van der Waals surface area contributed by atoms with Crippen LogP contribution < -0.4 is 5.56 Å². The molecule has 2 aromatic heterocycles. The first-order chi connectivity index (χ1) is 13.1. The van der Waals surface area contributed by atoms with Crippen molar-refractivity contribution < 1.29 is 0 Å². The molecule has 0 atom stereocenters. The lowest BCUT2D eigenvalue weighted by Crippen LogP contribution is -2.47. The van der Waals surface area contributed by atoms with Gasteiger partial charge >= 0.3 is 0 Å². The minimum atomic E-state index is -0.0186. The predicted octanol–water partition coefficient (Wildman–Crippen LogP) is 2.72. The number of pyridine rings is 2. The SMILES string of the molecule is C=CC(=N/C=C\C)N1CCN(Cc2cnc3cc(CC)c(=O)[nH]c3c2)CC1. The third kappa shape index (κ3) is 4.52. The van der Waals surface area contributed by atoms with Crippen LogP contribution in [-0.2, 0) is 13.0 Å². The summed E-state index contributed by atoms with van der Waals surface area (Å²) in [5.41, 5.74) is 3.52. The van der Waals surface area contributed by atoms with Crippen LogP contribution in [0.4, 0.5) is 0 Å². The van der Waals surface area contributed by atoms with E-state index in [1.807, 2.05) is 44.3 Å². The molecule has 1 N–H and O–H groups in total. The van der Waals surface area contributed by atoms with Crippen LogP contribution in [0.25, 0.3) is 11.0 Å². The first kappa shape index (κ1) is 19.0. The lowest BCUT2D eigenvalue weighted by Gasteiger charge is -2.35. The molecule has 0 unspecified atom stereocenters. The molecule has 0 amide bonds. The average molecular weight is 365 g/mol. The van der Waals surface area contributed by atoms with Crippen LogP contribution in [0.5, 0.6) is 0 Å². The Hall–Kier alpha value is -2.73. The fraction of sp³-hybridized carbons (Fsp3) is 0.381. The van der Waals surface area contributed by atoms with Gasteiger partial charge in [0.2, 0.25) is 0 Å². The summed E-state index contributed by atoms with van der Waals surface area (Å²) in [6, 6.07) is 3.93. The topological polar surface area (TPSA) is 64.6 Å². The first-order valence-corrected chi connectivity index (χ1v) is 9.44. The average Bonchev–Trinajstić information content (AvgIpc) is 2.69. The number of aryl methyl sites for hydroxylation is 1. The molecule has 142 valence electrons. The van der Waals surface area contributed by atoms with Crippen molar-refractivity contribution >= 4 is 16.9 Å². The normalized spacial score (nSPS) is 16.4. The molecular weight excluding hydrogens is 338 g/mol. The molecule has 6 heteroatoms. The number of H-pyrrole nitrogens is 1. The fourth-order valence-electron chi connectivity index (χ4n) is 3.32. The van der Waals surface area contributed by atoms with Crippen LogP contribution >= 0.6 is 0 Å². The number of aromatic nitrogens is 2. The molecule has 0 aliphatic carbocycles. The van der Waals surface area contributed by atoms with Crippen molar-refractivity contribution in [1.82, 2.24) is 19.8 Å². The molecule has 0 spiro atoms. The highest BCUT2D eigenvalue weighted by atomic mass is 16.1. The second-order valence-corrected chi connectivity index (χ2v) is 6.69. The predicted molar refractivity (Wildman–Crippen MR) is 111 cm³/mol. The molecule has 1 fully saturated rings. The molecular formula is C21H27N5O. The second-order valence-electron chi connectivity index (χ2n) is 6.69. The van der Waals surface area contributed by atoms with Gasteiger partial charge in [-0.25, -0.2) is 4.99 Å². The van der Waals surface area contributed by atoms with Gasteiger partial charge in [0, 0.05) is 50.7 Å². The Labute approximate surface area is 159 Å². The molecule has 0 bridgehead atoms. The molecule has 0 aromatic carbocycles. The number of fused-ring (bicyclic) bond motifs is 1. The van der Waals surface area contributed by atoms with Gasteiger partial charge in [-0.2, -0.15) is 0 Å². The zero-order valence-electron chi connectivity index (χ0n) is 16.1. The number of hydrogen-bond donors (Lipinski definition) is 1. The molecule has 0 saturated carbocycles. The largest absolute Gasteiger partial charge is 0.354 e. The molecule has 6 nitrogen and oxygen atoms in total. The lowest BCUT2D eigenvalue weighted by molar-refractivity contribution is 0.176. The van der Waals surface area contributed by atoms with Crippen molar-refractivity contribution in [3.05, 3.63) is 64.7 Å². The molecule has 2 aromatic rings. The van der Waals surface area contributed by atoms with Crippen molar-refractivity contribution in [2.75, 3.05) is 26.2 Å². The zero-order valence-corrected chi connectivity index (χ0v) is 16.1. The zero-order chi connectivity index (χ0) is 19.2. The highest BCUT2D eigenvalue weighted by Crippen LogP contribution is 2.14. The first-order valence-electron chi connectivity index (χ1n) is 9.44. The van der Waals surface area contributed by atoms with Gasteiger partial charge in [0.05, 0.1) is 11.0 Å². The van der Waals surface area contributed by atoms with Crippen LogP contribution in [0, 0.1) is 0 Å². The van der Waals surface area contributed by atoms with E-state index >= 15 is 0 Å². The number of allylic oxidation sites excluding steroid dienone is 1. The quantitative estimate of drug-likeness (QED) is 0.654. The summed E-state index contributed by atoms with van der Waals surface area (Å²) in [5, 5.41) is 0. The lowest BCUT2D eigenvalue weighted by atomic mass is 10.1. The van der Waals surface area contributed by atoms with E-state index in [1.165, 1.54) is 0 Å². The molecule has 3 heterocycles. The Kier molecular flexibility index (Phi) is 6.19. The molecule has 1 saturated heterocycles. The van der Waals surface area contributed by atoms with E-state index in [1.54, 1.807) is 6.20 Å². The third-order valence-corrected chi connectivity index (χ3v) is 4.85. The van der Waals surface area contributed by atoms with E-state index < -0.39 is 0 Å². The second kappa shape index (κ2) is 8.77. The molecule has 1 aliphatic heterocycles. The number of nitrogens with zero attached hydrogens (tertiary/aromatic N) is 4. The summed E-state index contributed by atoms with van der Waals surface area (Å²) in [7, 11) is 0. The van der Waals surface area contributed by atoms with E-state index in [9.17, 15) is 4.79 Å². The van der Waals surface area contributed by atoms with Gasteiger partial charge in [-0.05, 0) is 37.1 Å². The fourth-order valence-corrected chi connectivity index (χ4v) is 3.32. The van der Waals surface area contributed by atoms with Gasteiger partial charge in [0.1, 0.15) is 5.84 Å². The summed E-state index contributed by atoms with van der Waals surface area (Å²) in [4.78, 5) is 28.6. The van der Waals surface area contributed by atoms with Gasteiger partial charge < -0.3 is 9.88 Å². The van der Waals surface area contributed by atoms with Crippen molar-refractivity contribution in [2.45, 2.75) is 26.8 Å². The van der Waals surface area contributed by atoms with Crippen molar-refractivity contribution in [3.63, 3.8) is 0 Å².